The van der Waals surface area contributed by atoms with Gasteiger partial charge in [0.05, 0.1) is 7.11 Å². The van der Waals surface area contributed by atoms with Crippen LogP contribution < -0.4 is 0 Å². The monoisotopic (exact) mass is 408 g/mol. The highest BCUT2D eigenvalue weighted by atomic mass is 16.6. The number of allylic oxidation sites excluding steroid dienone is 2. The highest BCUT2D eigenvalue weighted by Crippen LogP contribution is 2.61. The van der Waals surface area contributed by atoms with Gasteiger partial charge in [-0.05, 0) is 67.6 Å². The number of esters is 2. The summed E-state index contributed by atoms with van der Waals surface area (Å²) in [4.78, 5) is 23.7. The van der Waals surface area contributed by atoms with Crippen molar-refractivity contribution in [3.63, 3.8) is 0 Å². The Hall–Kier alpha value is -1.36. The smallest absolute Gasteiger partial charge is 0.317 e. The summed E-state index contributed by atoms with van der Waals surface area (Å²) >= 11 is 0. The lowest BCUT2D eigenvalue weighted by molar-refractivity contribution is -0.167. The number of hydrogen-bond acceptors (Lipinski definition) is 5. The van der Waals surface area contributed by atoms with Crippen molar-refractivity contribution in [1.82, 2.24) is 0 Å². The van der Waals surface area contributed by atoms with E-state index in [0.29, 0.717) is 17.8 Å². The fraction of sp³-hybridized carbons (Fsp3) is 0.833. The fourth-order valence-electron chi connectivity index (χ4n) is 6.14. The maximum absolute atomic E-state index is 12.2. The van der Waals surface area contributed by atoms with Gasteiger partial charge < -0.3 is 14.6 Å². The maximum Gasteiger partial charge on any atom is 0.317 e. The van der Waals surface area contributed by atoms with Crippen LogP contribution in [0.1, 0.15) is 79.6 Å². The van der Waals surface area contributed by atoms with Crippen molar-refractivity contribution in [3.8, 4) is 0 Å². The highest BCUT2D eigenvalue weighted by Gasteiger charge is 2.55. The number of aliphatic hydroxyl groups is 1. The molecule has 0 bridgehead atoms. The van der Waals surface area contributed by atoms with Gasteiger partial charge in [-0.3, -0.25) is 9.59 Å². The van der Waals surface area contributed by atoms with Crippen molar-refractivity contribution in [2.45, 2.75) is 85.7 Å². The summed E-state index contributed by atoms with van der Waals surface area (Å²) in [5.41, 5.74) is 1.54. The molecule has 0 amide bonds. The van der Waals surface area contributed by atoms with Crippen molar-refractivity contribution in [1.29, 1.82) is 0 Å². The molecule has 1 N–H and O–H groups in total. The third kappa shape index (κ3) is 5.62. The molecule has 29 heavy (non-hydrogen) atoms. The molecule has 5 heteroatoms. The summed E-state index contributed by atoms with van der Waals surface area (Å²) < 4.78 is 10.4. The molecule has 0 aliphatic heterocycles. The van der Waals surface area contributed by atoms with E-state index in [9.17, 15) is 14.7 Å². The van der Waals surface area contributed by atoms with Crippen LogP contribution in [0.5, 0.6) is 0 Å². The Labute approximate surface area is 176 Å². The molecule has 1 fully saturated rings. The Bertz CT molecular complexity index is 623. The first-order valence-corrected chi connectivity index (χ1v) is 11.1. The SMILES string of the molecule is COC(=O)CC(=O)O[C@@H]1CC(C)(C)[C@H]2CC=C(C)[C@@H](CC[C@H](C)CCO)[C@@]2(C)C1. The van der Waals surface area contributed by atoms with Crippen LogP contribution in [0.2, 0.25) is 0 Å². The molecule has 2 aliphatic rings. The molecule has 0 saturated heterocycles. The minimum absolute atomic E-state index is 0.0510. The lowest BCUT2D eigenvalue weighted by atomic mass is 9.47. The van der Waals surface area contributed by atoms with E-state index < -0.39 is 11.9 Å². The van der Waals surface area contributed by atoms with Crippen LogP contribution in [0.4, 0.5) is 0 Å². The maximum atomic E-state index is 12.2. The van der Waals surface area contributed by atoms with Gasteiger partial charge in [-0.1, -0.05) is 45.8 Å². The predicted octanol–water partition coefficient (Wildman–Crippen LogP) is 4.67. The molecule has 0 aromatic carbocycles. The Morgan fingerprint density at radius 1 is 1.21 bits per heavy atom. The Morgan fingerprint density at radius 2 is 1.90 bits per heavy atom. The number of ether oxygens (including phenoxy) is 2. The topological polar surface area (TPSA) is 72.8 Å². The number of carbonyl (C=O) groups excluding carboxylic acids is 2. The zero-order valence-corrected chi connectivity index (χ0v) is 19.1. The standard InChI is InChI=1S/C24H40O5/c1-16(11-12-25)7-9-19-17(2)8-10-20-23(3,4)14-18(15-24(19,20)5)29-22(27)13-21(26)28-6/h8,16,18-20,25H,7,9-15H2,1-6H3/t16-,18+,19+,20+,24+/m0/s1. The van der Waals surface area contributed by atoms with Crippen LogP contribution in [0.25, 0.3) is 0 Å². The zero-order valence-electron chi connectivity index (χ0n) is 19.1. The molecule has 0 unspecified atom stereocenters. The average Bonchev–Trinajstić information content (AvgIpc) is 2.59. The van der Waals surface area contributed by atoms with Crippen LogP contribution in [0.15, 0.2) is 11.6 Å². The third-order valence-electron chi connectivity index (χ3n) is 7.57. The first-order chi connectivity index (χ1) is 13.5. The first-order valence-electron chi connectivity index (χ1n) is 11.1. The van der Waals surface area contributed by atoms with Crippen LogP contribution in [0, 0.1) is 28.6 Å². The van der Waals surface area contributed by atoms with E-state index in [4.69, 9.17) is 4.74 Å². The molecule has 1 saturated carbocycles. The van der Waals surface area contributed by atoms with Gasteiger partial charge >= 0.3 is 11.9 Å². The second kappa shape index (κ2) is 9.63. The van der Waals surface area contributed by atoms with E-state index in [1.54, 1.807) is 0 Å². The van der Waals surface area contributed by atoms with Crippen LogP contribution >= 0.6 is 0 Å². The summed E-state index contributed by atoms with van der Waals surface area (Å²) in [6.45, 7) is 11.6. The number of rotatable bonds is 8. The number of methoxy groups -OCH3 is 1. The number of fused-ring (bicyclic) bond motifs is 1. The number of hydrogen-bond donors (Lipinski definition) is 1. The fourth-order valence-corrected chi connectivity index (χ4v) is 6.14. The molecule has 0 spiro atoms. The van der Waals surface area contributed by atoms with E-state index in [1.807, 2.05) is 0 Å². The van der Waals surface area contributed by atoms with Crippen molar-refractivity contribution >= 4 is 11.9 Å². The van der Waals surface area contributed by atoms with Crippen molar-refractivity contribution in [2.24, 2.45) is 28.6 Å². The highest BCUT2D eigenvalue weighted by molar-refractivity contribution is 5.91. The van der Waals surface area contributed by atoms with Crippen LogP contribution in [-0.4, -0.2) is 36.9 Å². The normalized spacial score (nSPS) is 32.0. The quantitative estimate of drug-likeness (QED) is 0.359. The van der Waals surface area contributed by atoms with Crippen LogP contribution in [0.3, 0.4) is 0 Å². The van der Waals surface area contributed by atoms with Gasteiger partial charge in [-0.2, -0.15) is 0 Å². The van der Waals surface area contributed by atoms with E-state index >= 15 is 0 Å². The van der Waals surface area contributed by atoms with Gasteiger partial charge in [-0.25, -0.2) is 0 Å². The molecule has 0 radical (unpaired) electrons. The van der Waals surface area contributed by atoms with Crippen molar-refractivity contribution in [3.05, 3.63) is 11.6 Å². The Balaban J connectivity index is 2.19. The molecule has 2 rings (SSSR count). The minimum Gasteiger partial charge on any atom is -0.469 e. The molecule has 0 heterocycles. The van der Waals surface area contributed by atoms with Gasteiger partial charge in [-0.15, -0.1) is 0 Å². The zero-order chi connectivity index (χ0) is 21.8. The largest absolute Gasteiger partial charge is 0.469 e. The lowest BCUT2D eigenvalue weighted by Gasteiger charge is -2.58. The molecular weight excluding hydrogens is 368 g/mol. The van der Waals surface area contributed by atoms with Crippen LogP contribution in [-0.2, 0) is 19.1 Å². The predicted molar refractivity (Wildman–Crippen MR) is 113 cm³/mol. The van der Waals surface area contributed by atoms with E-state index in [1.165, 1.54) is 12.7 Å². The number of carbonyl (C=O) groups is 2. The molecule has 166 valence electrons. The lowest BCUT2D eigenvalue weighted by Crippen LogP contribution is -2.53. The summed E-state index contributed by atoms with van der Waals surface area (Å²) in [6.07, 6.45) is 7.66. The Morgan fingerprint density at radius 3 is 2.52 bits per heavy atom. The molecule has 0 aromatic rings. The van der Waals surface area contributed by atoms with Gasteiger partial charge in [0.2, 0.25) is 0 Å². The molecule has 0 aromatic heterocycles. The van der Waals surface area contributed by atoms with Crippen molar-refractivity contribution in [2.75, 3.05) is 13.7 Å². The minimum atomic E-state index is -0.554. The van der Waals surface area contributed by atoms with Crippen molar-refractivity contribution < 1.29 is 24.2 Å². The third-order valence-corrected chi connectivity index (χ3v) is 7.57. The number of aliphatic hydroxyl groups excluding tert-OH is 1. The molecule has 5 atom stereocenters. The second-order valence-electron chi connectivity index (χ2n) is 10.3. The van der Waals surface area contributed by atoms with Gasteiger partial charge in [0.25, 0.3) is 0 Å². The summed E-state index contributed by atoms with van der Waals surface area (Å²) in [6, 6.07) is 0. The summed E-state index contributed by atoms with van der Waals surface area (Å²) in [5.74, 6) is 0.440. The van der Waals surface area contributed by atoms with E-state index in [-0.39, 0.29) is 30.0 Å². The van der Waals surface area contributed by atoms with Gasteiger partial charge in [0.15, 0.2) is 0 Å². The van der Waals surface area contributed by atoms with Gasteiger partial charge in [0.1, 0.15) is 12.5 Å². The molecule has 5 nitrogen and oxygen atoms in total. The van der Waals surface area contributed by atoms with E-state index in [2.05, 4.69) is 45.4 Å². The summed E-state index contributed by atoms with van der Waals surface area (Å²) in [5, 5.41) is 9.24. The second-order valence-corrected chi connectivity index (χ2v) is 10.3. The van der Waals surface area contributed by atoms with Gasteiger partial charge in [0, 0.05) is 6.61 Å². The first kappa shape index (κ1) is 23.9. The Kier molecular flexibility index (Phi) is 7.94. The molecular formula is C24H40O5. The van der Waals surface area contributed by atoms with E-state index in [0.717, 1.165) is 38.5 Å². The summed E-state index contributed by atoms with van der Waals surface area (Å²) in [7, 11) is 1.28. The molecule has 2 aliphatic carbocycles. The average molecular weight is 409 g/mol.